The third-order valence-corrected chi connectivity index (χ3v) is 49.0. The topological polar surface area (TPSA) is 0 Å². The molecule has 0 unspecified atom stereocenters. The molecule has 1 aromatic carbocycles. The predicted octanol–water partition coefficient (Wildman–Crippen LogP) is 4.71. The van der Waals surface area contributed by atoms with E-state index in [9.17, 15) is 0 Å². The zero-order valence-corrected chi connectivity index (χ0v) is 17.7. The molecule has 0 atom stereocenters. The first-order valence-corrected chi connectivity index (χ1v) is 26.5. The summed E-state index contributed by atoms with van der Waals surface area (Å²) in [6, 6.07) is 9.11. The fourth-order valence-corrected chi connectivity index (χ4v) is 62.5. The van der Waals surface area contributed by atoms with Crippen molar-refractivity contribution in [3.63, 3.8) is 0 Å². The van der Waals surface area contributed by atoms with E-state index < -0.39 is 36.8 Å². The summed E-state index contributed by atoms with van der Waals surface area (Å²) in [6.45, 7) is 0. The Balaban J connectivity index is 2.73. The molecule has 0 aliphatic heterocycles. The van der Waals surface area contributed by atoms with Crippen LogP contribution in [0.25, 0.3) is 6.08 Å². The molecule has 1 aliphatic carbocycles. The Morgan fingerprint density at radius 1 is 0.824 bits per heavy atom. The zero-order chi connectivity index (χ0) is 12.9. The number of fused-ring (bicyclic) bond motifs is 1. The minimum atomic E-state index is -2.06. The SMILES string of the molecule is [CH3][Sn]([CH3])([CH3])[C]1([Sn]([CH3])([CH3])[CH3])C=Cc2ccccc21. The number of rotatable bonds is 2. The summed E-state index contributed by atoms with van der Waals surface area (Å²) in [5.41, 5.74) is 3.16. The van der Waals surface area contributed by atoms with Gasteiger partial charge in [-0.05, 0) is 0 Å². The van der Waals surface area contributed by atoms with Gasteiger partial charge in [0.15, 0.2) is 0 Å². The van der Waals surface area contributed by atoms with Gasteiger partial charge in [0.1, 0.15) is 0 Å². The molecule has 0 heterocycles. The molecule has 17 heavy (non-hydrogen) atoms. The molecule has 0 N–H and O–H groups in total. The predicted molar refractivity (Wildman–Crippen MR) is 83.8 cm³/mol. The molecule has 0 bridgehead atoms. The summed E-state index contributed by atoms with van der Waals surface area (Å²) >= 11 is -4.11. The molecule has 0 aromatic heterocycles. The normalized spacial score (nSPS) is 18.2. The van der Waals surface area contributed by atoms with Gasteiger partial charge in [0, 0.05) is 0 Å². The van der Waals surface area contributed by atoms with E-state index in [1.54, 1.807) is 5.56 Å². The monoisotopic (exact) mass is 444 g/mol. The van der Waals surface area contributed by atoms with E-state index in [2.05, 4.69) is 66.1 Å². The van der Waals surface area contributed by atoms with Crippen LogP contribution >= 0.6 is 0 Å². The quantitative estimate of drug-likeness (QED) is 0.583. The summed E-state index contributed by atoms with van der Waals surface area (Å²) in [5.74, 6) is 0. The first-order chi connectivity index (χ1) is 7.70. The first-order valence-electron chi connectivity index (χ1n) is 6.49. The fourth-order valence-electron chi connectivity index (χ4n) is 3.74. The van der Waals surface area contributed by atoms with E-state index in [0.29, 0.717) is 1.45 Å². The minimum absolute atomic E-state index is 0.542. The van der Waals surface area contributed by atoms with Crippen LogP contribution in [0.3, 0.4) is 0 Å². The Hall–Kier alpha value is 0.557. The van der Waals surface area contributed by atoms with Gasteiger partial charge in [-0.25, -0.2) is 0 Å². The van der Waals surface area contributed by atoms with E-state index in [4.69, 9.17) is 0 Å². The number of hydrogen-bond acceptors (Lipinski definition) is 0. The van der Waals surface area contributed by atoms with E-state index >= 15 is 0 Å². The molecule has 92 valence electrons. The van der Waals surface area contributed by atoms with Crippen molar-refractivity contribution in [2.75, 3.05) is 0 Å². The Labute approximate surface area is 114 Å². The van der Waals surface area contributed by atoms with Crippen LogP contribution in [-0.4, -0.2) is 36.8 Å². The second-order valence-corrected chi connectivity index (χ2v) is 41.5. The van der Waals surface area contributed by atoms with Crippen molar-refractivity contribution in [2.24, 2.45) is 0 Å². The Morgan fingerprint density at radius 2 is 1.35 bits per heavy atom. The van der Waals surface area contributed by atoms with Crippen LogP contribution in [0.2, 0.25) is 29.6 Å². The maximum absolute atomic E-state index is 2.61. The van der Waals surface area contributed by atoms with Gasteiger partial charge in [-0.3, -0.25) is 0 Å². The summed E-state index contributed by atoms with van der Waals surface area (Å²) < 4.78 is 0.542. The van der Waals surface area contributed by atoms with Crippen LogP contribution < -0.4 is 0 Å². The van der Waals surface area contributed by atoms with Crippen molar-refractivity contribution < 1.29 is 0 Å². The van der Waals surface area contributed by atoms with Crippen LogP contribution in [0.15, 0.2) is 30.3 Å². The number of hydrogen-bond donors (Lipinski definition) is 0. The van der Waals surface area contributed by atoms with Gasteiger partial charge < -0.3 is 0 Å². The molecule has 0 saturated carbocycles. The fraction of sp³-hybridized carbons (Fsp3) is 0.467. The third-order valence-electron chi connectivity index (χ3n) is 4.26. The first kappa shape index (κ1) is 14.0. The van der Waals surface area contributed by atoms with Gasteiger partial charge in [0.2, 0.25) is 0 Å². The van der Waals surface area contributed by atoms with Gasteiger partial charge in [0.05, 0.1) is 0 Å². The van der Waals surface area contributed by atoms with Gasteiger partial charge in [-0.2, -0.15) is 0 Å². The Morgan fingerprint density at radius 3 is 1.88 bits per heavy atom. The molecule has 0 amide bonds. The molecular weight excluding hydrogens is 418 g/mol. The molecule has 2 heteroatoms. The van der Waals surface area contributed by atoms with Crippen molar-refractivity contribution >= 4 is 42.8 Å². The molecule has 0 fully saturated rings. The molecule has 0 saturated heterocycles. The molecular formula is C15H24Sn2. The second kappa shape index (κ2) is 4.29. The van der Waals surface area contributed by atoms with Gasteiger partial charge >= 0.3 is 115 Å². The second-order valence-electron chi connectivity index (χ2n) is 7.23. The molecule has 2 rings (SSSR count). The molecule has 0 nitrogen and oxygen atoms in total. The third kappa shape index (κ3) is 2.03. The van der Waals surface area contributed by atoms with Crippen LogP contribution in [0.1, 0.15) is 11.1 Å². The van der Waals surface area contributed by atoms with E-state index in [0.717, 1.165) is 0 Å². The van der Waals surface area contributed by atoms with Gasteiger partial charge in [-0.15, -0.1) is 0 Å². The average Bonchev–Trinajstić information content (AvgIpc) is 2.55. The van der Waals surface area contributed by atoms with E-state index in [1.807, 2.05) is 0 Å². The summed E-state index contributed by atoms with van der Waals surface area (Å²) in [7, 11) is 0. The molecule has 0 radical (unpaired) electrons. The molecule has 0 spiro atoms. The Bertz CT molecular complexity index is 445. The zero-order valence-electron chi connectivity index (χ0n) is 12.0. The van der Waals surface area contributed by atoms with Gasteiger partial charge in [0.25, 0.3) is 0 Å². The van der Waals surface area contributed by atoms with Crippen molar-refractivity contribution in [3.8, 4) is 0 Å². The van der Waals surface area contributed by atoms with Crippen molar-refractivity contribution in [1.82, 2.24) is 0 Å². The summed E-state index contributed by atoms with van der Waals surface area (Å²) in [4.78, 5) is 15.7. The Kier molecular flexibility index (Phi) is 3.53. The van der Waals surface area contributed by atoms with Crippen LogP contribution in [0, 0.1) is 0 Å². The molecule has 1 aliphatic rings. The van der Waals surface area contributed by atoms with Crippen molar-refractivity contribution in [2.45, 2.75) is 31.1 Å². The van der Waals surface area contributed by atoms with Crippen LogP contribution in [0.5, 0.6) is 0 Å². The van der Waals surface area contributed by atoms with Gasteiger partial charge in [-0.1, -0.05) is 0 Å². The average molecular weight is 442 g/mol. The standard InChI is InChI=1S/C9H6.6CH3.2Sn/c1-2-5-9-7-3-6-8(9)4-1;;;;;;;;/h1-6H;6*1H3;;. The molecule has 1 aromatic rings. The van der Waals surface area contributed by atoms with Crippen molar-refractivity contribution in [3.05, 3.63) is 41.5 Å². The van der Waals surface area contributed by atoms with E-state index in [-0.39, 0.29) is 0 Å². The summed E-state index contributed by atoms with van der Waals surface area (Å²) in [5, 5.41) is 0. The van der Waals surface area contributed by atoms with Crippen LogP contribution in [-0.2, 0) is 1.45 Å². The number of benzene rings is 1. The summed E-state index contributed by atoms with van der Waals surface area (Å²) in [6.07, 6.45) is 5.02. The van der Waals surface area contributed by atoms with E-state index in [1.165, 1.54) is 5.56 Å². The van der Waals surface area contributed by atoms with Crippen LogP contribution in [0.4, 0.5) is 0 Å². The van der Waals surface area contributed by atoms with Crippen molar-refractivity contribution in [1.29, 1.82) is 0 Å². The maximum atomic E-state index is 2.61. The number of allylic oxidation sites excluding steroid dienone is 1.